The number of aliphatic imine (C=N–C) groups is 1. The predicted molar refractivity (Wildman–Crippen MR) is 63.9 cm³/mol. The second kappa shape index (κ2) is 4.13. The third-order valence-corrected chi connectivity index (χ3v) is 4.31. The van der Waals surface area contributed by atoms with Crippen LogP contribution in [0.5, 0.6) is 0 Å². The molecule has 1 aliphatic carbocycles. The van der Waals surface area contributed by atoms with Gasteiger partial charge in [-0.1, -0.05) is 32.0 Å². The molecule has 2 nitrogen and oxygen atoms in total. The molecule has 2 rings (SSSR count). The highest BCUT2D eigenvalue weighted by atomic mass is 32.2. The Labute approximate surface area is 90.9 Å². The van der Waals surface area contributed by atoms with Crippen LogP contribution in [0.1, 0.15) is 39.5 Å². The van der Waals surface area contributed by atoms with Gasteiger partial charge < -0.3 is 5.32 Å². The van der Waals surface area contributed by atoms with Crippen molar-refractivity contribution in [1.29, 1.82) is 0 Å². The van der Waals surface area contributed by atoms with Gasteiger partial charge in [0.25, 0.3) is 0 Å². The van der Waals surface area contributed by atoms with Crippen LogP contribution in [0.25, 0.3) is 0 Å². The van der Waals surface area contributed by atoms with Crippen LogP contribution >= 0.6 is 11.8 Å². The monoisotopic (exact) mass is 212 g/mol. The van der Waals surface area contributed by atoms with Crippen molar-refractivity contribution in [3.05, 3.63) is 0 Å². The number of hydrogen-bond donors (Lipinski definition) is 1. The molecule has 0 aromatic heterocycles. The fourth-order valence-corrected chi connectivity index (χ4v) is 2.79. The number of rotatable bonds is 4. The molecule has 2 aliphatic rings. The summed E-state index contributed by atoms with van der Waals surface area (Å²) in [7, 11) is 0. The maximum atomic E-state index is 4.54. The van der Waals surface area contributed by atoms with Crippen molar-refractivity contribution in [3.63, 3.8) is 0 Å². The Kier molecular flexibility index (Phi) is 3.05. The molecule has 14 heavy (non-hydrogen) atoms. The van der Waals surface area contributed by atoms with Crippen molar-refractivity contribution in [1.82, 2.24) is 5.32 Å². The van der Waals surface area contributed by atoms with E-state index in [-0.39, 0.29) is 0 Å². The lowest BCUT2D eigenvalue weighted by molar-refractivity contribution is 0.558. The Morgan fingerprint density at radius 3 is 3.00 bits per heavy atom. The first-order valence-corrected chi connectivity index (χ1v) is 6.55. The second-order valence-corrected chi connectivity index (χ2v) is 6.13. The Morgan fingerprint density at radius 1 is 1.57 bits per heavy atom. The van der Waals surface area contributed by atoms with Gasteiger partial charge >= 0.3 is 0 Å². The summed E-state index contributed by atoms with van der Waals surface area (Å²) in [6, 6.07) is 0. The number of nitrogens with one attached hydrogen (secondary N) is 1. The molecular formula is C11H20N2S. The van der Waals surface area contributed by atoms with E-state index in [9.17, 15) is 0 Å². The number of amidine groups is 1. The predicted octanol–water partition coefficient (Wildman–Crippen LogP) is 2.65. The van der Waals surface area contributed by atoms with E-state index in [0.717, 1.165) is 18.3 Å². The highest BCUT2D eigenvalue weighted by molar-refractivity contribution is 8.14. The highest BCUT2D eigenvalue weighted by Crippen LogP contribution is 2.44. The SMILES string of the molecule is CCCC1CN=C(NCC2(C)CC2)S1. The molecular weight excluding hydrogens is 192 g/mol. The van der Waals surface area contributed by atoms with Gasteiger partial charge in [-0.2, -0.15) is 0 Å². The summed E-state index contributed by atoms with van der Waals surface area (Å²) in [4.78, 5) is 4.54. The van der Waals surface area contributed by atoms with Crippen molar-refractivity contribution in [2.45, 2.75) is 44.8 Å². The second-order valence-electron chi connectivity index (χ2n) is 4.84. The molecule has 1 aliphatic heterocycles. The summed E-state index contributed by atoms with van der Waals surface area (Å²) in [6.45, 7) is 6.75. The van der Waals surface area contributed by atoms with Crippen LogP contribution in [-0.2, 0) is 0 Å². The van der Waals surface area contributed by atoms with E-state index >= 15 is 0 Å². The lowest BCUT2D eigenvalue weighted by Crippen LogP contribution is -2.26. The minimum absolute atomic E-state index is 0.589. The van der Waals surface area contributed by atoms with Crippen LogP contribution in [-0.4, -0.2) is 23.5 Å². The van der Waals surface area contributed by atoms with E-state index in [0.29, 0.717) is 5.41 Å². The van der Waals surface area contributed by atoms with Gasteiger partial charge in [-0.25, -0.2) is 0 Å². The summed E-state index contributed by atoms with van der Waals surface area (Å²) in [5.41, 5.74) is 0.589. The summed E-state index contributed by atoms with van der Waals surface area (Å²) in [6.07, 6.45) is 5.35. The molecule has 3 heteroatoms. The van der Waals surface area contributed by atoms with Crippen LogP contribution in [0.15, 0.2) is 4.99 Å². The molecule has 0 aromatic rings. The van der Waals surface area contributed by atoms with Crippen molar-refractivity contribution in [2.75, 3.05) is 13.1 Å². The van der Waals surface area contributed by atoms with E-state index in [1.54, 1.807) is 0 Å². The van der Waals surface area contributed by atoms with Crippen LogP contribution < -0.4 is 5.32 Å². The van der Waals surface area contributed by atoms with Crippen LogP contribution in [0.4, 0.5) is 0 Å². The zero-order valence-corrected chi connectivity index (χ0v) is 9.99. The highest BCUT2D eigenvalue weighted by Gasteiger charge is 2.37. The normalized spacial score (nSPS) is 28.7. The van der Waals surface area contributed by atoms with E-state index in [1.165, 1.54) is 30.9 Å². The first kappa shape index (κ1) is 10.3. The average Bonchev–Trinajstić information content (AvgIpc) is 2.74. The maximum absolute atomic E-state index is 4.54. The van der Waals surface area contributed by atoms with Gasteiger partial charge in [0.2, 0.25) is 0 Å². The van der Waals surface area contributed by atoms with Crippen LogP contribution in [0.2, 0.25) is 0 Å². The minimum atomic E-state index is 0.589. The van der Waals surface area contributed by atoms with E-state index in [1.807, 2.05) is 11.8 Å². The van der Waals surface area contributed by atoms with Crippen molar-refractivity contribution in [2.24, 2.45) is 10.4 Å². The van der Waals surface area contributed by atoms with Crippen LogP contribution in [0.3, 0.4) is 0 Å². The molecule has 1 unspecified atom stereocenters. The molecule has 1 saturated carbocycles. The van der Waals surface area contributed by atoms with Gasteiger partial charge in [-0.15, -0.1) is 0 Å². The fourth-order valence-electron chi connectivity index (χ4n) is 1.67. The van der Waals surface area contributed by atoms with Gasteiger partial charge in [-0.3, -0.25) is 4.99 Å². The Bertz CT molecular complexity index is 233. The summed E-state index contributed by atoms with van der Waals surface area (Å²) >= 11 is 1.94. The van der Waals surface area contributed by atoms with E-state index in [4.69, 9.17) is 0 Å². The van der Waals surface area contributed by atoms with Gasteiger partial charge in [0, 0.05) is 11.8 Å². The third kappa shape index (κ3) is 2.66. The van der Waals surface area contributed by atoms with Crippen molar-refractivity contribution >= 4 is 16.9 Å². The Hall–Kier alpha value is -0.180. The molecule has 1 heterocycles. The summed E-state index contributed by atoms with van der Waals surface area (Å²) in [5, 5.41) is 5.42. The lowest BCUT2D eigenvalue weighted by Gasteiger charge is -2.11. The van der Waals surface area contributed by atoms with Gasteiger partial charge in [0.05, 0.1) is 6.54 Å². The number of thioether (sulfide) groups is 1. The summed E-state index contributed by atoms with van der Waals surface area (Å²) < 4.78 is 0. The average molecular weight is 212 g/mol. The van der Waals surface area contributed by atoms with Crippen LogP contribution in [0, 0.1) is 5.41 Å². The molecule has 1 fully saturated rings. The first-order chi connectivity index (χ1) is 6.72. The number of hydrogen-bond acceptors (Lipinski definition) is 3. The topological polar surface area (TPSA) is 24.4 Å². The maximum Gasteiger partial charge on any atom is 0.156 e. The van der Waals surface area contributed by atoms with Gasteiger partial charge in [-0.05, 0) is 24.7 Å². The molecule has 80 valence electrons. The summed E-state index contributed by atoms with van der Waals surface area (Å²) in [5.74, 6) is 0. The largest absolute Gasteiger partial charge is 0.364 e. The minimum Gasteiger partial charge on any atom is -0.364 e. The van der Waals surface area contributed by atoms with Crippen molar-refractivity contribution < 1.29 is 0 Å². The molecule has 1 atom stereocenters. The lowest BCUT2D eigenvalue weighted by atomic mass is 10.1. The molecule has 0 aromatic carbocycles. The molecule has 1 N–H and O–H groups in total. The quantitative estimate of drug-likeness (QED) is 0.775. The van der Waals surface area contributed by atoms with E-state index in [2.05, 4.69) is 24.2 Å². The van der Waals surface area contributed by atoms with Crippen molar-refractivity contribution in [3.8, 4) is 0 Å². The third-order valence-electron chi connectivity index (χ3n) is 3.10. The zero-order chi connectivity index (χ0) is 10.0. The fraction of sp³-hybridized carbons (Fsp3) is 0.909. The Morgan fingerprint density at radius 2 is 2.36 bits per heavy atom. The standard InChI is InChI=1S/C11H20N2S/c1-3-4-9-7-12-10(14-9)13-8-11(2)5-6-11/h9H,3-8H2,1-2H3,(H,12,13). The van der Waals surface area contributed by atoms with E-state index < -0.39 is 0 Å². The van der Waals surface area contributed by atoms with Gasteiger partial charge in [0.1, 0.15) is 0 Å². The van der Waals surface area contributed by atoms with Gasteiger partial charge in [0.15, 0.2) is 5.17 Å². The molecule has 0 spiro atoms. The zero-order valence-electron chi connectivity index (χ0n) is 9.18. The first-order valence-electron chi connectivity index (χ1n) is 5.67. The molecule has 0 bridgehead atoms. The Balaban J connectivity index is 1.67. The molecule has 0 amide bonds. The smallest absolute Gasteiger partial charge is 0.156 e. The molecule has 0 saturated heterocycles. The molecule has 0 radical (unpaired) electrons. The number of nitrogens with zero attached hydrogens (tertiary/aromatic N) is 1.